The predicted octanol–water partition coefficient (Wildman–Crippen LogP) is 3.15. The maximum Gasteiger partial charge on any atom is 0.339 e. The Morgan fingerprint density at radius 3 is 2.21 bits per heavy atom. The van der Waals surface area contributed by atoms with E-state index in [1.54, 1.807) is 0 Å². The molecule has 0 aliphatic heterocycles. The molecule has 2 aromatic rings. The van der Waals surface area contributed by atoms with E-state index in [1.807, 2.05) is 6.92 Å². The number of ether oxygens (including phenoxy) is 2. The van der Waals surface area contributed by atoms with E-state index in [9.17, 15) is 17.2 Å². The highest BCUT2D eigenvalue weighted by atomic mass is 32.2. The number of hydrogen-bond acceptors (Lipinski definition) is 5. The van der Waals surface area contributed by atoms with Crippen molar-refractivity contribution in [3.63, 3.8) is 0 Å². The first-order chi connectivity index (χ1) is 11.4. The molecule has 0 N–H and O–H groups in total. The molecule has 0 radical (unpaired) electrons. The summed E-state index contributed by atoms with van der Waals surface area (Å²) >= 11 is 0. The molecule has 0 atom stereocenters. The van der Waals surface area contributed by atoms with Crippen LogP contribution in [0.2, 0.25) is 0 Å². The molecule has 2 rings (SSSR count). The van der Waals surface area contributed by atoms with Crippen LogP contribution in [-0.2, 0) is 14.9 Å². The second kappa shape index (κ2) is 8.07. The van der Waals surface area contributed by atoms with Crippen molar-refractivity contribution in [2.45, 2.75) is 11.8 Å². The first-order valence-corrected chi connectivity index (χ1v) is 8.53. The Hall–Kier alpha value is -2.19. The first kappa shape index (κ1) is 18.2. The normalized spacial score (nSPS) is 11.3. The number of hydrogen-bond donors (Lipinski definition) is 0. The van der Waals surface area contributed by atoms with E-state index in [-0.39, 0.29) is 10.6 Å². The van der Waals surface area contributed by atoms with Crippen LogP contribution >= 0.6 is 0 Å². The van der Waals surface area contributed by atoms with E-state index < -0.39 is 21.8 Å². The fraction of sp³-hybridized carbons (Fsp3) is 0.250. The summed E-state index contributed by atoms with van der Waals surface area (Å²) in [6.45, 7) is 3.22. The lowest BCUT2D eigenvalue weighted by Crippen LogP contribution is -2.10. The molecule has 5 nitrogen and oxygen atoms in total. The Morgan fingerprint density at radius 2 is 1.58 bits per heavy atom. The summed E-state index contributed by atoms with van der Waals surface area (Å²) in [6.07, 6.45) is 0. The molecular formula is C16H16F2O5S. The zero-order valence-electron chi connectivity index (χ0n) is 12.9. The second-order valence-electron chi connectivity index (χ2n) is 4.63. The third-order valence-electron chi connectivity index (χ3n) is 2.91. The third kappa shape index (κ3) is 4.90. The number of rotatable bonds is 8. The minimum Gasteiger partial charge on any atom is -0.491 e. The smallest absolute Gasteiger partial charge is 0.339 e. The highest BCUT2D eigenvalue weighted by Crippen LogP contribution is 2.22. The minimum absolute atomic E-state index is 0.135. The second-order valence-corrected chi connectivity index (χ2v) is 6.18. The lowest BCUT2D eigenvalue weighted by atomic mass is 10.3. The fourth-order valence-corrected chi connectivity index (χ4v) is 2.69. The van der Waals surface area contributed by atoms with Crippen molar-refractivity contribution in [3.05, 3.63) is 54.1 Å². The zero-order chi connectivity index (χ0) is 17.6. The summed E-state index contributed by atoms with van der Waals surface area (Å²) in [7, 11) is -4.16. The summed E-state index contributed by atoms with van der Waals surface area (Å²) in [4.78, 5) is -0.135. The van der Waals surface area contributed by atoms with Crippen molar-refractivity contribution in [3.8, 4) is 11.5 Å². The maximum atomic E-state index is 13.1. The summed E-state index contributed by atoms with van der Waals surface area (Å²) in [5, 5.41) is 0. The molecule has 0 amide bonds. The molecule has 2 aromatic carbocycles. The van der Waals surface area contributed by atoms with Gasteiger partial charge in [-0.25, -0.2) is 8.78 Å². The van der Waals surface area contributed by atoms with Gasteiger partial charge in [0, 0.05) is 12.7 Å². The Labute approximate surface area is 138 Å². The molecule has 0 heterocycles. The molecule has 0 bridgehead atoms. The maximum absolute atomic E-state index is 13.1. The molecule has 0 unspecified atom stereocenters. The molecular weight excluding hydrogens is 342 g/mol. The first-order valence-electron chi connectivity index (χ1n) is 7.12. The highest BCUT2D eigenvalue weighted by Gasteiger charge is 2.17. The minimum atomic E-state index is -4.16. The SMILES string of the molecule is CCOCCOc1ccc(S(=O)(=O)Oc2ccc(F)c(F)c2)cc1. The Morgan fingerprint density at radius 1 is 0.917 bits per heavy atom. The van der Waals surface area contributed by atoms with E-state index in [2.05, 4.69) is 0 Å². The van der Waals surface area contributed by atoms with Crippen LogP contribution in [0.1, 0.15) is 6.92 Å². The number of benzene rings is 2. The third-order valence-corrected chi connectivity index (χ3v) is 4.17. The lowest BCUT2D eigenvalue weighted by Gasteiger charge is -2.09. The summed E-state index contributed by atoms with van der Waals surface area (Å²) in [6, 6.07) is 8.01. The van der Waals surface area contributed by atoms with Crippen LogP contribution in [0, 0.1) is 11.6 Å². The summed E-state index contributed by atoms with van der Waals surface area (Å²) in [5.74, 6) is -2.12. The monoisotopic (exact) mass is 358 g/mol. The molecule has 0 aromatic heterocycles. The van der Waals surface area contributed by atoms with Crippen molar-refractivity contribution < 1.29 is 30.9 Å². The predicted molar refractivity (Wildman–Crippen MR) is 82.6 cm³/mol. The van der Waals surface area contributed by atoms with Gasteiger partial charge in [-0.3, -0.25) is 0 Å². The van der Waals surface area contributed by atoms with Crippen LogP contribution in [-0.4, -0.2) is 28.2 Å². The van der Waals surface area contributed by atoms with Crippen LogP contribution in [0.25, 0.3) is 0 Å². The molecule has 0 saturated carbocycles. The van der Waals surface area contributed by atoms with Crippen molar-refractivity contribution in [2.24, 2.45) is 0 Å². The van der Waals surface area contributed by atoms with Crippen molar-refractivity contribution >= 4 is 10.1 Å². The van der Waals surface area contributed by atoms with E-state index in [0.717, 1.165) is 12.1 Å². The topological polar surface area (TPSA) is 61.8 Å². The van der Waals surface area contributed by atoms with Crippen LogP contribution in [0.3, 0.4) is 0 Å². The molecule has 130 valence electrons. The van der Waals surface area contributed by atoms with Crippen molar-refractivity contribution in [1.29, 1.82) is 0 Å². The van der Waals surface area contributed by atoms with Crippen LogP contribution < -0.4 is 8.92 Å². The number of halogens is 2. The van der Waals surface area contributed by atoms with E-state index in [4.69, 9.17) is 13.7 Å². The Bertz CT molecular complexity index is 776. The van der Waals surface area contributed by atoms with Crippen molar-refractivity contribution in [1.82, 2.24) is 0 Å². The van der Waals surface area contributed by atoms with E-state index in [0.29, 0.717) is 31.6 Å². The standard InChI is InChI=1S/C16H16F2O5S/c1-2-21-9-10-22-12-3-6-14(7-4-12)24(19,20)23-13-5-8-15(17)16(18)11-13/h3-8,11H,2,9-10H2,1H3. The van der Waals surface area contributed by atoms with Gasteiger partial charge in [-0.1, -0.05) is 0 Å². The van der Waals surface area contributed by atoms with E-state index >= 15 is 0 Å². The molecule has 0 fully saturated rings. The molecule has 8 heteroatoms. The van der Waals surface area contributed by atoms with Gasteiger partial charge in [-0.15, -0.1) is 0 Å². The molecule has 0 aliphatic rings. The van der Waals surface area contributed by atoms with Gasteiger partial charge in [0.25, 0.3) is 0 Å². The van der Waals surface area contributed by atoms with E-state index in [1.165, 1.54) is 24.3 Å². The largest absolute Gasteiger partial charge is 0.491 e. The van der Waals surface area contributed by atoms with Gasteiger partial charge < -0.3 is 13.7 Å². The Balaban J connectivity index is 2.04. The summed E-state index contributed by atoms with van der Waals surface area (Å²) < 4.78 is 65.4. The lowest BCUT2D eigenvalue weighted by molar-refractivity contribution is 0.110. The molecule has 0 saturated heterocycles. The van der Waals surface area contributed by atoms with Gasteiger partial charge in [0.05, 0.1) is 6.61 Å². The highest BCUT2D eigenvalue weighted by molar-refractivity contribution is 7.87. The fourth-order valence-electron chi connectivity index (χ4n) is 1.77. The van der Waals surface area contributed by atoms with Gasteiger partial charge in [-0.2, -0.15) is 8.42 Å². The zero-order valence-corrected chi connectivity index (χ0v) is 13.7. The van der Waals surface area contributed by atoms with Crippen LogP contribution in [0.5, 0.6) is 11.5 Å². The Kier molecular flexibility index (Phi) is 6.10. The van der Waals surface area contributed by atoms with Gasteiger partial charge in [0.1, 0.15) is 23.0 Å². The molecule has 24 heavy (non-hydrogen) atoms. The van der Waals surface area contributed by atoms with Crippen molar-refractivity contribution in [2.75, 3.05) is 19.8 Å². The summed E-state index contributed by atoms with van der Waals surface area (Å²) in [5.41, 5.74) is 0. The van der Waals surface area contributed by atoms with Crippen LogP contribution in [0.4, 0.5) is 8.78 Å². The van der Waals surface area contributed by atoms with Gasteiger partial charge in [0.15, 0.2) is 11.6 Å². The van der Waals surface area contributed by atoms with Gasteiger partial charge in [-0.05, 0) is 43.3 Å². The van der Waals surface area contributed by atoms with Gasteiger partial charge >= 0.3 is 10.1 Å². The quantitative estimate of drug-likeness (QED) is 0.536. The molecule has 0 aliphatic carbocycles. The van der Waals surface area contributed by atoms with Gasteiger partial charge in [0.2, 0.25) is 0 Å². The average Bonchev–Trinajstić information content (AvgIpc) is 2.55. The van der Waals surface area contributed by atoms with Crippen LogP contribution in [0.15, 0.2) is 47.4 Å². The molecule has 0 spiro atoms. The average molecular weight is 358 g/mol.